The van der Waals surface area contributed by atoms with Gasteiger partial charge in [0, 0.05) is 29.7 Å². The molecule has 0 spiro atoms. The first kappa shape index (κ1) is 17.9. The molecule has 0 aliphatic rings. The van der Waals surface area contributed by atoms with Crippen molar-refractivity contribution in [3.63, 3.8) is 0 Å². The van der Waals surface area contributed by atoms with Crippen molar-refractivity contribution in [1.29, 1.82) is 0 Å². The van der Waals surface area contributed by atoms with Crippen molar-refractivity contribution in [2.45, 2.75) is 13.3 Å². The van der Waals surface area contributed by atoms with Gasteiger partial charge in [-0.2, -0.15) is 0 Å². The average molecular weight is 349 g/mol. The molecule has 0 atom stereocenters. The van der Waals surface area contributed by atoms with Gasteiger partial charge in [-0.1, -0.05) is 11.6 Å². The number of anilines is 2. The number of hydrogen-bond acceptors (Lipinski definition) is 4. The normalized spacial score (nSPS) is 10.2. The molecule has 5 nitrogen and oxygen atoms in total. The van der Waals surface area contributed by atoms with Crippen LogP contribution in [-0.2, 0) is 4.79 Å². The molecule has 0 saturated carbocycles. The van der Waals surface area contributed by atoms with E-state index >= 15 is 0 Å². The standard InChI is InChI=1S/C18H21ClN2O3/c1-12-10-13(19)4-6-15(12)21-18(22)8-9-20-16-7-5-14(23-2)11-17(16)24-3/h4-7,10-11,20H,8-9H2,1-3H3,(H,21,22). The van der Waals surface area contributed by atoms with Crippen LogP contribution in [0.3, 0.4) is 0 Å². The minimum Gasteiger partial charge on any atom is -0.497 e. The summed E-state index contributed by atoms with van der Waals surface area (Å²) in [5, 5.41) is 6.73. The molecule has 0 aliphatic heterocycles. The highest BCUT2D eigenvalue weighted by molar-refractivity contribution is 6.30. The predicted molar refractivity (Wildman–Crippen MR) is 97.5 cm³/mol. The molecule has 2 N–H and O–H groups in total. The molecule has 128 valence electrons. The fourth-order valence-electron chi connectivity index (χ4n) is 2.24. The van der Waals surface area contributed by atoms with Crippen molar-refractivity contribution in [2.24, 2.45) is 0 Å². The highest BCUT2D eigenvalue weighted by atomic mass is 35.5. The number of hydrogen-bond donors (Lipinski definition) is 2. The first-order chi connectivity index (χ1) is 11.5. The molecule has 0 bridgehead atoms. The van der Waals surface area contributed by atoms with Gasteiger partial charge in [-0.25, -0.2) is 0 Å². The van der Waals surface area contributed by atoms with Crippen LogP contribution in [0.5, 0.6) is 11.5 Å². The van der Waals surface area contributed by atoms with Crippen LogP contribution in [0.15, 0.2) is 36.4 Å². The van der Waals surface area contributed by atoms with Gasteiger partial charge < -0.3 is 20.1 Å². The molecule has 24 heavy (non-hydrogen) atoms. The number of benzene rings is 2. The zero-order valence-corrected chi connectivity index (χ0v) is 14.7. The van der Waals surface area contributed by atoms with E-state index in [0.717, 1.165) is 16.9 Å². The Labute approximate surface area is 146 Å². The zero-order valence-electron chi connectivity index (χ0n) is 14.0. The number of carbonyl (C=O) groups is 1. The molecule has 0 aromatic heterocycles. The highest BCUT2D eigenvalue weighted by Crippen LogP contribution is 2.28. The van der Waals surface area contributed by atoms with E-state index in [-0.39, 0.29) is 5.91 Å². The minimum absolute atomic E-state index is 0.0691. The fraction of sp³-hybridized carbons (Fsp3) is 0.278. The summed E-state index contributed by atoms with van der Waals surface area (Å²) in [6.07, 6.45) is 0.331. The van der Waals surface area contributed by atoms with Gasteiger partial charge in [0.15, 0.2) is 0 Å². The SMILES string of the molecule is COc1ccc(NCCC(=O)Nc2ccc(Cl)cc2C)c(OC)c1. The second-order valence-corrected chi connectivity index (χ2v) is 5.69. The summed E-state index contributed by atoms with van der Waals surface area (Å²) in [7, 11) is 3.20. The number of amides is 1. The van der Waals surface area contributed by atoms with Crippen LogP contribution in [0.1, 0.15) is 12.0 Å². The van der Waals surface area contributed by atoms with E-state index in [9.17, 15) is 4.79 Å². The number of ether oxygens (including phenoxy) is 2. The van der Waals surface area contributed by atoms with Gasteiger partial charge in [0.25, 0.3) is 0 Å². The number of methoxy groups -OCH3 is 2. The summed E-state index contributed by atoms with van der Waals surface area (Å²) < 4.78 is 10.5. The van der Waals surface area contributed by atoms with Gasteiger partial charge in [0.2, 0.25) is 5.91 Å². The molecule has 1 amide bonds. The molecular formula is C18H21ClN2O3. The van der Waals surface area contributed by atoms with Gasteiger partial charge in [0.1, 0.15) is 11.5 Å². The molecule has 0 fully saturated rings. The van der Waals surface area contributed by atoms with Crippen molar-refractivity contribution in [3.8, 4) is 11.5 Å². The molecular weight excluding hydrogens is 328 g/mol. The molecule has 2 aromatic rings. The molecule has 0 heterocycles. The van der Waals surface area contributed by atoms with Crippen molar-refractivity contribution < 1.29 is 14.3 Å². The van der Waals surface area contributed by atoms with Gasteiger partial charge in [-0.05, 0) is 42.8 Å². The van der Waals surface area contributed by atoms with Gasteiger partial charge >= 0.3 is 0 Å². The number of rotatable bonds is 7. The first-order valence-electron chi connectivity index (χ1n) is 7.55. The van der Waals surface area contributed by atoms with Gasteiger partial charge in [0.05, 0.1) is 19.9 Å². The quantitative estimate of drug-likeness (QED) is 0.790. The Bertz CT molecular complexity index is 719. The number of halogens is 1. The molecule has 2 aromatic carbocycles. The molecule has 2 rings (SSSR count). The Hall–Kier alpha value is -2.40. The maximum Gasteiger partial charge on any atom is 0.226 e. The van der Waals surface area contributed by atoms with Gasteiger partial charge in [-0.3, -0.25) is 4.79 Å². The number of aryl methyl sites for hydroxylation is 1. The van der Waals surface area contributed by atoms with Crippen LogP contribution in [0.4, 0.5) is 11.4 Å². The lowest BCUT2D eigenvalue weighted by atomic mass is 10.2. The van der Waals surface area contributed by atoms with E-state index in [0.29, 0.717) is 29.5 Å². The lowest BCUT2D eigenvalue weighted by molar-refractivity contribution is -0.115. The van der Waals surface area contributed by atoms with E-state index in [1.54, 1.807) is 32.4 Å². The molecule has 6 heteroatoms. The Morgan fingerprint density at radius 2 is 1.83 bits per heavy atom. The summed E-state index contributed by atoms with van der Waals surface area (Å²) in [5.41, 5.74) is 2.51. The summed E-state index contributed by atoms with van der Waals surface area (Å²) in [6.45, 7) is 2.39. The second kappa shape index (κ2) is 8.45. The maximum atomic E-state index is 12.1. The topological polar surface area (TPSA) is 59.6 Å². The number of carbonyl (C=O) groups excluding carboxylic acids is 1. The monoisotopic (exact) mass is 348 g/mol. The van der Waals surface area contributed by atoms with Crippen molar-refractivity contribution >= 4 is 28.9 Å². The molecule has 0 radical (unpaired) electrons. The maximum absolute atomic E-state index is 12.1. The lowest BCUT2D eigenvalue weighted by Gasteiger charge is -2.13. The van der Waals surface area contributed by atoms with Crippen molar-refractivity contribution in [1.82, 2.24) is 0 Å². The fourth-order valence-corrected chi connectivity index (χ4v) is 2.46. The van der Waals surface area contributed by atoms with E-state index in [1.807, 2.05) is 25.1 Å². The van der Waals surface area contributed by atoms with Crippen LogP contribution in [0.25, 0.3) is 0 Å². The Kier molecular flexibility index (Phi) is 6.32. The summed E-state index contributed by atoms with van der Waals surface area (Å²) in [5.74, 6) is 1.32. The summed E-state index contributed by atoms with van der Waals surface area (Å²) in [6, 6.07) is 10.9. The van der Waals surface area contributed by atoms with E-state index in [2.05, 4.69) is 10.6 Å². The molecule has 0 saturated heterocycles. The van der Waals surface area contributed by atoms with Crippen LogP contribution >= 0.6 is 11.6 Å². The van der Waals surface area contributed by atoms with Crippen LogP contribution < -0.4 is 20.1 Å². The van der Waals surface area contributed by atoms with Crippen LogP contribution in [-0.4, -0.2) is 26.7 Å². The smallest absolute Gasteiger partial charge is 0.226 e. The van der Waals surface area contributed by atoms with Crippen LogP contribution in [0, 0.1) is 6.92 Å². The summed E-state index contributed by atoms with van der Waals surface area (Å²) >= 11 is 5.91. The highest BCUT2D eigenvalue weighted by Gasteiger charge is 2.07. The Balaban J connectivity index is 1.88. The Morgan fingerprint density at radius 3 is 2.50 bits per heavy atom. The third-order valence-electron chi connectivity index (χ3n) is 3.54. The zero-order chi connectivity index (χ0) is 17.5. The van der Waals surface area contributed by atoms with Gasteiger partial charge in [-0.15, -0.1) is 0 Å². The third kappa shape index (κ3) is 4.80. The minimum atomic E-state index is -0.0691. The predicted octanol–water partition coefficient (Wildman–Crippen LogP) is 4.11. The van der Waals surface area contributed by atoms with E-state index in [4.69, 9.17) is 21.1 Å². The second-order valence-electron chi connectivity index (χ2n) is 5.25. The molecule has 0 aliphatic carbocycles. The first-order valence-corrected chi connectivity index (χ1v) is 7.93. The van der Waals surface area contributed by atoms with Crippen molar-refractivity contribution in [3.05, 3.63) is 47.0 Å². The number of nitrogens with one attached hydrogen (secondary N) is 2. The Morgan fingerprint density at radius 1 is 1.08 bits per heavy atom. The summed E-state index contributed by atoms with van der Waals surface area (Å²) in [4.78, 5) is 12.1. The lowest BCUT2D eigenvalue weighted by Crippen LogP contribution is -2.17. The van der Waals surface area contributed by atoms with Crippen molar-refractivity contribution in [2.75, 3.05) is 31.4 Å². The van der Waals surface area contributed by atoms with E-state index in [1.165, 1.54) is 0 Å². The van der Waals surface area contributed by atoms with Crippen LogP contribution in [0.2, 0.25) is 5.02 Å². The average Bonchev–Trinajstić information content (AvgIpc) is 2.57. The third-order valence-corrected chi connectivity index (χ3v) is 3.77. The molecule has 0 unspecified atom stereocenters. The largest absolute Gasteiger partial charge is 0.497 e. The van der Waals surface area contributed by atoms with E-state index < -0.39 is 0 Å².